The number of hydrogen-bond donors (Lipinski definition) is 0. The van der Waals surface area contributed by atoms with E-state index in [1.165, 1.54) is 30.3 Å². The standard InChI is InChI=1S/C31H32ClFN2O/c32-26-17-23-3-1-2-4-28(23)24(18-26)20-35-14-11-29(30(35)21-36)31(25-7-9-27(33)10-8-25)12-15-34(16-13-31)19-22-5-6-22/h1-4,7-11,17-18,21-22,30H,5-6,12-16,19-20H2. The average molecular weight is 503 g/mol. The van der Waals surface area contributed by atoms with Crippen molar-refractivity contribution in [3.8, 4) is 0 Å². The number of hydrogen-bond acceptors (Lipinski definition) is 3. The average Bonchev–Trinajstić information content (AvgIpc) is 3.62. The van der Waals surface area contributed by atoms with E-state index in [9.17, 15) is 9.18 Å². The highest BCUT2D eigenvalue weighted by Crippen LogP contribution is 2.46. The van der Waals surface area contributed by atoms with Crippen LogP contribution in [0.15, 0.2) is 72.3 Å². The zero-order valence-electron chi connectivity index (χ0n) is 20.5. The van der Waals surface area contributed by atoms with Gasteiger partial charge in [-0.25, -0.2) is 4.39 Å². The van der Waals surface area contributed by atoms with E-state index in [0.29, 0.717) is 18.1 Å². The molecule has 186 valence electrons. The third-order valence-electron chi connectivity index (χ3n) is 8.54. The van der Waals surface area contributed by atoms with Crippen molar-refractivity contribution >= 4 is 28.7 Å². The highest BCUT2D eigenvalue weighted by Gasteiger charge is 2.45. The first-order chi connectivity index (χ1) is 17.6. The fraction of sp³-hybridized carbons (Fsp3) is 0.387. The van der Waals surface area contributed by atoms with Crippen molar-refractivity contribution < 1.29 is 9.18 Å². The predicted molar refractivity (Wildman–Crippen MR) is 144 cm³/mol. The second-order valence-electron chi connectivity index (χ2n) is 10.8. The summed E-state index contributed by atoms with van der Waals surface area (Å²) >= 11 is 6.46. The lowest BCUT2D eigenvalue weighted by atomic mass is 9.66. The first-order valence-electron chi connectivity index (χ1n) is 13.1. The number of piperidine rings is 1. The van der Waals surface area contributed by atoms with E-state index in [1.54, 1.807) is 12.1 Å². The molecule has 36 heavy (non-hydrogen) atoms. The van der Waals surface area contributed by atoms with Crippen LogP contribution in [0.25, 0.3) is 10.8 Å². The summed E-state index contributed by atoms with van der Waals surface area (Å²) in [6.07, 6.45) is 7.99. The van der Waals surface area contributed by atoms with Gasteiger partial charge in [-0.1, -0.05) is 54.1 Å². The number of nitrogens with zero attached hydrogens (tertiary/aromatic N) is 2. The molecule has 0 radical (unpaired) electrons. The zero-order chi connectivity index (χ0) is 24.7. The lowest BCUT2D eigenvalue weighted by molar-refractivity contribution is -0.111. The van der Waals surface area contributed by atoms with Crippen molar-refractivity contribution in [1.82, 2.24) is 9.80 Å². The lowest BCUT2D eigenvalue weighted by Gasteiger charge is -2.45. The summed E-state index contributed by atoms with van der Waals surface area (Å²) < 4.78 is 13.9. The lowest BCUT2D eigenvalue weighted by Crippen LogP contribution is -2.48. The van der Waals surface area contributed by atoms with Gasteiger partial charge in [0, 0.05) is 30.1 Å². The molecule has 0 bridgehead atoms. The van der Waals surface area contributed by atoms with Crippen LogP contribution in [0.4, 0.5) is 4.39 Å². The van der Waals surface area contributed by atoms with Crippen LogP contribution in [0.2, 0.25) is 5.02 Å². The Morgan fingerprint density at radius 2 is 1.78 bits per heavy atom. The molecule has 2 fully saturated rings. The summed E-state index contributed by atoms with van der Waals surface area (Å²) in [4.78, 5) is 17.5. The molecule has 1 unspecified atom stereocenters. The molecule has 2 heterocycles. The van der Waals surface area contributed by atoms with Gasteiger partial charge in [-0.05, 0) is 96.4 Å². The number of fused-ring (bicyclic) bond motifs is 1. The molecule has 0 aromatic heterocycles. The molecule has 6 rings (SSSR count). The van der Waals surface area contributed by atoms with Crippen LogP contribution in [0, 0.1) is 11.7 Å². The van der Waals surface area contributed by atoms with E-state index in [0.717, 1.165) is 54.6 Å². The second kappa shape index (κ2) is 9.74. The Balaban J connectivity index is 1.30. The summed E-state index contributed by atoms with van der Waals surface area (Å²) in [7, 11) is 0. The van der Waals surface area contributed by atoms with E-state index < -0.39 is 0 Å². The number of aldehydes is 1. The van der Waals surface area contributed by atoms with Gasteiger partial charge in [-0.3, -0.25) is 4.90 Å². The summed E-state index contributed by atoms with van der Waals surface area (Å²) in [6, 6.07) is 19.0. The Hall–Kier alpha value is -2.53. The molecule has 3 aliphatic rings. The molecule has 1 saturated heterocycles. The van der Waals surface area contributed by atoms with Gasteiger partial charge in [-0.2, -0.15) is 0 Å². The first kappa shape index (κ1) is 23.8. The smallest absolute Gasteiger partial charge is 0.141 e. The van der Waals surface area contributed by atoms with Gasteiger partial charge in [0.1, 0.15) is 12.1 Å². The Labute approximate surface area is 217 Å². The number of halogens is 2. The van der Waals surface area contributed by atoms with Crippen molar-refractivity contribution in [3.05, 3.63) is 94.3 Å². The highest BCUT2D eigenvalue weighted by molar-refractivity contribution is 6.31. The van der Waals surface area contributed by atoms with Crippen LogP contribution in [0.3, 0.4) is 0 Å². The van der Waals surface area contributed by atoms with Crippen molar-refractivity contribution in [2.24, 2.45) is 5.92 Å². The molecule has 0 spiro atoms. The summed E-state index contributed by atoms with van der Waals surface area (Å²) in [6.45, 7) is 4.57. The van der Waals surface area contributed by atoms with E-state index in [1.807, 2.05) is 36.4 Å². The van der Waals surface area contributed by atoms with Gasteiger partial charge in [0.05, 0.1) is 6.04 Å². The third kappa shape index (κ3) is 4.51. The predicted octanol–water partition coefficient (Wildman–Crippen LogP) is 6.39. The molecule has 0 amide bonds. The maximum absolute atomic E-state index is 13.9. The third-order valence-corrected chi connectivity index (χ3v) is 8.76. The SMILES string of the molecule is O=CC1C(C2(c3ccc(F)cc3)CCN(CC3CC3)CC2)=CCN1Cc1cc(Cl)cc2ccccc12. The molecular weight excluding hydrogens is 471 g/mol. The van der Waals surface area contributed by atoms with Crippen molar-refractivity contribution in [2.75, 3.05) is 26.2 Å². The number of carbonyl (C=O) groups is 1. The molecule has 0 N–H and O–H groups in total. The summed E-state index contributed by atoms with van der Waals surface area (Å²) in [5, 5.41) is 2.99. The Kier molecular flexibility index (Phi) is 6.45. The van der Waals surface area contributed by atoms with E-state index in [2.05, 4.69) is 28.0 Å². The summed E-state index contributed by atoms with van der Waals surface area (Å²) in [5.41, 5.74) is 3.20. The quantitative estimate of drug-likeness (QED) is 0.276. The molecule has 2 aliphatic heterocycles. The van der Waals surface area contributed by atoms with Crippen LogP contribution in [0.1, 0.15) is 36.8 Å². The fourth-order valence-corrected chi connectivity index (χ4v) is 6.69. The topological polar surface area (TPSA) is 23.6 Å². The molecule has 5 heteroatoms. The minimum Gasteiger partial charge on any atom is -0.303 e. The van der Waals surface area contributed by atoms with Crippen LogP contribution in [-0.2, 0) is 16.8 Å². The van der Waals surface area contributed by atoms with E-state index in [-0.39, 0.29) is 17.3 Å². The molecule has 1 aliphatic carbocycles. The molecule has 3 aromatic carbocycles. The van der Waals surface area contributed by atoms with Crippen LogP contribution < -0.4 is 0 Å². The van der Waals surface area contributed by atoms with Gasteiger partial charge in [0.15, 0.2) is 0 Å². The number of rotatable bonds is 7. The van der Waals surface area contributed by atoms with Crippen molar-refractivity contribution in [3.63, 3.8) is 0 Å². The molecular formula is C31H32ClFN2O. The second-order valence-corrected chi connectivity index (χ2v) is 11.2. The molecule has 1 atom stereocenters. The molecule has 3 aromatic rings. The van der Waals surface area contributed by atoms with Gasteiger partial charge in [-0.15, -0.1) is 0 Å². The maximum Gasteiger partial charge on any atom is 0.141 e. The number of likely N-dealkylation sites (tertiary alicyclic amines) is 1. The first-order valence-corrected chi connectivity index (χ1v) is 13.5. The zero-order valence-corrected chi connectivity index (χ0v) is 21.3. The monoisotopic (exact) mass is 502 g/mol. The van der Waals surface area contributed by atoms with Crippen LogP contribution >= 0.6 is 11.6 Å². The van der Waals surface area contributed by atoms with E-state index in [4.69, 9.17) is 11.6 Å². The van der Waals surface area contributed by atoms with Crippen molar-refractivity contribution in [2.45, 2.75) is 43.7 Å². The van der Waals surface area contributed by atoms with Gasteiger partial charge in [0.25, 0.3) is 0 Å². The minimum atomic E-state index is -0.303. The molecule has 3 nitrogen and oxygen atoms in total. The van der Waals surface area contributed by atoms with Crippen LogP contribution in [0.5, 0.6) is 0 Å². The number of benzene rings is 3. The van der Waals surface area contributed by atoms with Crippen molar-refractivity contribution in [1.29, 1.82) is 0 Å². The Morgan fingerprint density at radius 3 is 2.50 bits per heavy atom. The highest BCUT2D eigenvalue weighted by atomic mass is 35.5. The largest absolute Gasteiger partial charge is 0.303 e. The Bertz CT molecular complexity index is 1290. The minimum absolute atomic E-state index is 0.220. The van der Waals surface area contributed by atoms with Gasteiger partial charge in [0.2, 0.25) is 0 Å². The molecule has 1 saturated carbocycles. The summed E-state index contributed by atoms with van der Waals surface area (Å²) in [5.74, 6) is 0.640. The van der Waals surface area contributed by atoms with Gasteiger partial charge < -0.3 is 9.69 Å². The Morgan fingerprint density at radius 1 is 1.03 bits per heavy atom. The van der Waals surface area contributed by atoms with E-state index >= 15 is 0 Å². The van der Waals surface area contributed by atoms with Crippen LogP contribution in [-0.4, -0.2) is 48.3 Å². The maximum atomic E-state index is 13.9. The normalized spacial score (nSPS) is 22.6. The fourth-order valence-electron chi connectivity index (χ4n) is 6.44. The number of carbonyl (C=O) groups excluding carboxylic acids is 1. The van der Waals surface area contributed by atoms with Gasteiger partial charge >= 0.3 is 0 Å².